The topological polar surface area (TPSA) is 56.7 Å². The molecule has 0 unspecified atom stereocenters. The molecule has 0 aromatic carbocycles. The fourth-order valence-corrected chi connectivity index (χ4v) is 2.71. The Morgan fingerprint density at radius 3 is 2.67 bits per heavy atom. The first kappa shape index (κ1) is 11.4. The number of rotatable bonds is 2. The molecule has 1 saturated carbocycles. The molecule has 18 heavy (non-hydrogen) atoms. The minimum absolute atomic E-state index is 0.381. The first-order valence-corrected chi connectivity index (χ1v) is 6.52. The Kier molecular flexibility index (Phi) is 3.11. The highest BCUT2D eigenvalue weighted by Gasteiger charge is 2.21. The zero-order chi connectivity index (χ0) is 12.4. The van der Waals surface area contributed by atoms with Gasteiger partial charge in [0.2, 0.25) is 0 Å². The summed E-state index contributed by atoms with van der Waals surface area (Å²) in [6.07, 6.45) is 12.0. The molecule has 1 aliphatic carbocycles. The summed E-state index contributed by atoms with van der Waals surface area (Å²) in [5.74, 6) is 0. The second kappa shape index (κ2) is 4.90. The molecule has 2 N–H and O–H groups in total. The second-order valence-electron chi connectivity index (χ2n) is 5.00. The van der Waals surface area contributed by atoms with Gasteiger partial charge in [0, 0.05) is 30.0 Å². The van der Waals surface area contributed by atoms with Crippen LogP contribution < -0.4 is 5.73 Å². The van der Waals surface area contributed by atoms with E-state index in [1.165, 1.54) is 0 Å². The van der Waals surface area contributed by atoms with Gasteiger partial charge < -0.3 is 10.3 Å². The minimum atomic E-state index is 0.381. The Labute approximate surface area is 107 Å². The van der Waals surface area contributed by atoms with Crippen molar-refractivity contribution in [3.63, 3.8) is 0 Å². The van der Waals surface area contributed by atoms with E-state index in [2.05, 4.69) is 20.6 Å². The Balaban J connectivity index is 1.88. The predicted molar refractivity (Wildman–Crippen MR) is 70.9 cm³/mol. The van der Waals surface area contributed by atoms with Crippen molar-refractivity contribution in [3.8, 4) is 11.3 Å². The highest BCUT2D eigenvalue weighted by molar-refractivity contribution is 5.57. The van der Waals surface area contributed by atoms with Crippen LogP contribution in [0.5, 0.6) is 0 Å². The molecule has 0 radical (unpaired) electrons. The Hall–Kier alpha value is -1.68. The molecule has 1 fully saturated rings. The van der Waals surface area contributed by atoms with E-state index in [4.69, 9.17) is 5.73 Å². The lowest BCUT2D eigenvalue weighted by Crippen LogP contribution is -2.27. The van der Waals surface area contributed by atoms with Crippen LogP contribution in [-0.4, -0.2) is 20.6 Å². The van der Waals surface area contributed by atoms with E-state index in [0.29, 0.717) is 12.1 Å². The van der Waals surface area contributed by atoms with Crippen molar-refractivity contribution in [2.75, 3.05) is 0 Å². The maximum atomic E-state index is 5.96. The molecule has 0 atom stereocenters. The smallest absolute Gasteiger partial charge is 0.0953 e. The third kappa shape index (κ3) is 2.16. The third-order valence-corrected chi connectivity index (χ3v) is 3.76. The highest BCUT2D eigenvalue weighted by atomic mass is 15.1. The van der Waals surface area contributed by atoms with Crippen molar-refractivity contribution in [2.45, 2.75) is 37.8 Å². The van der Waals surface area contributed by atoms with Crippen LogP contribution in [0.25, 0.3) is 11.3 Å². The van der Waals surface area contributed by atoms with Crippen LogP contribution in [0.4, 0.5) is 0 Å². The molecular formula is C14H18N4. The lowest BCUT2D eigenvalue weighted by molar-refractivity contribution is 0.325. The summed E-state index contributed by atoms with van der Waals surface area (Å²) in [7, 11) is 0. The lowest BCUT2D eigenvalue weighted by Gasteiger charge is -2.28. The molecule has 2 aromatic heterocycles. The summed E-state index contributed by atoms with van der Waals surface area (Å²) in [4.78, 5) is 8.47. The number of aromatic nitrogens is 3. The van der Waals surface area contributed by atoms with Crippen molar-refractivity contribution in [3.05, 3.63) is 37.1 Å². The standard InChI is InChI=1S/C14H18N4/c15-12-3-5-13(6-4-12)18-10-17-9-14(18)11-2-1-7-16-8-11/h1-2,7-10,12-13H,3-6,15H2. The van der Waals surface area contributed by atoms with Gasteiger partial charge >= 0.3 is 0 Å². The van der Waals surface area contributed by atoms with Crippen LogP contribution in [-0.2, 0) is 0 Å². The Morgan fingerprint density at radius 2 is 1.94 bits per heavy atom. The van der Waals surface area contributed by atoms with E-state index >= 15 is 0 Å². The maximum Gasteiger partial charge on any atom is 0.0953 e. The van der Waals surface area contributed by atoms with Crippen LogP contribution in [0.2, 0.25) is 0 Å². The van der Waals surface area contributed by atoms with Gasteiger partial charge in [0.05, 0.1) is 18.2 Å². The molecule has 94 valence electrons. The summed E-state index contributed by atoms with van der Waals surface area (Å²) in [5, 5.41) is 0. The number of pyridine rings is 1. The summed E-state index contributed by atoms with van der Waals surface area (Å²) in [5.41, 5.74) is 8.25. The van der Waals surface area contributed by atoms with Crippen LogP contribution in [0, 0.1) is 0 Å². The second-order valence-corrected chi connectivity index (χ2v) is 5.00. The zero-order valence-corrected chi connectivity index (χ0v) is 10.4. The van der Waals surface area contributed by atoms with E-state index in [1.807, 2.05) is 24.8 Å². The first-order valence-electron chi connectivity index (χ1n) is 6.52. The molecule has 0 bridgehead atoms. The summed E-state index contributed by atoms with van der Waals surface area (Å²) < 4.78 is 2.28. The number of hydrogen-bond acceptors (Lipinski definition) is 3. The summed E-state index contributed by atoms with van der Waals surface area (Å²) in [6.45, 7) is 0. The van der Waals surface area contributed by atoms with Crippen LogP contribution in [0.1, 0.15) is 31.7 Å². The van der Waals surface area contributed by atoms with Gasteiger partial charge in [0.25, 0.3) is 0 Å². The van der Waals surface area contributed by atoms with Gasteiger partial charge in [-0.15, -0.1) is 0 Å². The lowest BCUT2D eigenvalue weighted by atomic mass is 9.91. The molecule has 3 rings (SSSR count). The van der Waals surface area contributed by atoms with Crippen molar-refractivity contribution >= 4 is 0 Å². The van der Waals surface area contributed by atoms with Gasteiger partial charge in [0.1, 0.15) is 0 Å². The molecule has 0 amide bonds. The largest absolute Gasteiger partial charge is 0.328 e. The Morgan fingerprint density at radius 1 is 1.11 bits per heavy atom. The Bertz CT molecular complexity index is 498. The summed E-state index contributed by atoms with van der Waals surface area (Å²) >= 11 is 0. The van der Waals surface area contributed by atoms with Gasteiger partial charge in [-0.3, -0.25) is 4.98 Å². The fourth-order valence-electron chi connectivity index (χ4n) is 2.71. The van der Waals surface area contributed by atoms with Crippen LogP contribution in [0.15, 0.2) is 37.1 Å². The highest BCUT2D eigenvalue weighted by Crippen LogP contribution is 2.31. The molecule has 0 spiro atoms. The van der Waals surface area contributed by atoms with E-state index in [1.54, 1.807) is 6.20 Å². The van der Waals surface area contributed by atoms with E-state index in [9.17, 15) is 0 Å². The minimum Gasteiger partial charge on any atom is -0.328 e. The van der Waals surface area contributed by atoms with E-state index < -0.39 is 0 Å². The van der Waals surface area contributed by atoms with Gasteiger partial charge in [0.15, 0.2) is 0 Å². The maximum absolute atomic E-state index is 5.96. The molecule has 4 nitrogen and oxygen atoms in total. The van der Waals surface area contributed by atoms with Crippen LogP contribution >= 0.6 is 0 Å². The average Bonchev–Trinajstić information content (AvgIpc) is 2.90. The zero-order valence-electron chi connectivity index (χ0n) is 10.4. The first-order chi connectivity index (χ1) is 8.84. The van der Waals surface area contributed by atoms with Gasteiger partial charge in [-0.05, 0) is 37.8 Å². The number of nitrogens with zero attached hydrogens (tertiary/aromatic N) is 3. The molecular weight excluding hydrogens is 224 g/mol. The van der Waals surface area contributed by atoms with Crippen molar-refractivity contribution in [2.24, 2.45) is 5.73 Å². The molecule has 1 aliphatic rings. The summed E-state index contributed by atoms with van der Waals surface area (Å²) in [6, 6.07) is 4.95. The van der Waals surface area contributed by atoms with Gasteiger partial charge in [-0.2, -0.15) is 0 Å². The number of hydrogen-bond donors (Lipinski definition) is 1. The molecule has 2 aromatic rings. The van der Waals surface area contributed by atoms with Gasteiger partial charge in [-0.25, -0.2) is 4.98 Å². The number of nitrogens with two attached hydrogens (primary N) is 1. The van der Waals surface area contributed by atoms with E-state index in [0.717, 1.165) is 36.9 Å². The third-order valence-electron chi connectivity index (χ3n) is 3.76. The van der Waals surface area contributed by atoms with E-state index in [-0.39, 0.29) is 0 Å². The van der Waals surface area contributed by atoms with Crippen molar-refractivity contribution < 1.29 is 0 Å². The average molecular weight is 242 g/mol. The SMILES string of the molecule is NC1CCC(n2cncc2-c2cccnc2)CC1. The molecule has 2 heterocycles. The number of imidazole rings is 1. The van der Waals surface area contributed by atoms with Gasteiger partial charge in [-0.1, -0.05) is 0 Å². The molecule has 4 heteroatoms. The van der Waals surface area contributed by atoms with Crippen molar-refractivity contribution in [1.29, 1.82) is 0 Å². The normalized spacial score (nSPS) is 24.1. The molecule has 0 saturated heterocycles. The fraction of sp³-hybridized carbons (Fsp3) is 0.429. The van der Waals surface area contributed by atoms with Crippen LogP contribution in [0.3, 0.4) is 0 Å². The predicted octanol–water partition coefficient (Wildman–Crippen LogP) is 2.39. The molecule has 0 aliphatic heterocycles. The monoisotopic (exact) mass is 242 g/mol. The van der Waals surface area contributed by atoms with Crippen molar-refractivity contribution in [1.82, 2.24) is 14.5 Å². The quantitative estimate of drug-likeness (QED) is 0.879.